The third-order valence-electron chi connectivity index (χ3n) is 22.3. The first-order chi connectivity index (χ1) is 46.5. The van der Waals surface area contributed by atoms with Gasteiger partial charge in [0.25, 0.3) is 20.1 Å². The van der Waals surface area contributed by atoms with Crippen LogP contribution in [0, 0.1) is 41.5 Å². The first kappa shape index (κ1) is 61.4. The Balaban J connectivity index is 0.973. The fourth-order valence-corrected chi connectivity index (χ4v) is 20.0. The number of aryl methyl sites for hydroxylation is 6. The van der Waals surface area contributed by atoms with Crippen LogP contribution in [0.5, 0.6) is 23.0 Å². The fourth-order valence-electron chi connectivity index (χ4n) is 17.5. The molecule has 0 amide bonds. The van der Waals surface area contributed by atoms with Crippen LogP contribution in [0.15, 0.2) is 158 Å². The number of rotatable bonds is 3. The predicted molar refractivity (Wildman–Crippen MR) is 426 cm³/mol. The molecule has 0 spiro atoms. The lowest BCUT2D eigenvalue weighted by Gasteiger charge is -2.47. The van der Waals surface area contributed by atoms with Gasteiger partial charge in [0, 0.05) is 93.6 Å². The van der Waals surface area contributed by atoms with Gasteiger partial charge < -0.3 is 29.1 Å². The van der Waals surface area contributed by atoms with Crippen LogP contribution in [0.3, 0.4) is 0 Å². The van der Waals surface area contributed by atoms with E-state index >= 15 is 0 Å². The molecule has 11 heteroatoms. The van der Waals surface area contributed by atoms with Crippen molar-refractivity contribution in [1.29, 1.82) is 0 Å². The molecule has 18 rings (SSSR count). The number of fused-ring (bicyclic) bond motifs is 16. The Morgan fingerprint density at radius 1 is 0.327 bits per heavy atom. The zero-order chi connectivity index (χ0) is 68.2. The van der Waals surface area contributed by atoms with Gasteiger partial charge >= 0.3 is 0 Å². The van der Waals surface area contributed by atoms with E-state index in [1.807, 2.05) is 22.7 Å². The highest BCUT2D eigenvalue weighted by atomic mass is 32.1. The zero-order valence-electron chi connectivity index (χ0n) is 60.2. The smallest absolute Gasteiger partial charge is 0.268 e. The van der Waals surface area contributed by atoms with E-state index in [4.69, 9.17) is 9.47 Å². The molecule has 0 saturated heterocycles. The number of thiophene rings is 2. The van der Waals surface area contributed by atoms with Crippen LogP contribution in [0.1, 0.15) is 139 Å². The number of anilines is 11. The van der Waals surface area contributed by atoms with Gasteiger partial charge in [0.2, 0.25) is 0 Å². The molecule has 0 bridgehead atoms. The molecule has 0 aliphatic carbocycles. The average Bonchev–Trinajstić information content (AvgIpc) is 0.850. The summed E-state index contributed by atoms with van der Waals surface area (Å²) >= 11 is 3.82. The van der Waals surface area contributed by atoms with Gasteiger partial charge in [0.1, 0.15) is 23.0 Å². The van der Waals surface area contributed by atoms with E-state index in [0.29, 0.717) is 0 Å². The van der Waals surface area contributed by atoms with Crippen LogP contribution in [-0.4, -0.2) is 27.2 Å². The van der Waals surface area contributed by atoms with Gasteiger partial charge in [0.05, 0.1) is 5.69 Å². The second kappa shape index (κ2) is 20.6. The van der Waals surface area contributed by atoms with Crippen LogP contribution in [0.2, 0.25) is 0 Å². The lowest BCUT2D eigenvalue weighted by molar-refractivity contribution is 0.494. The lowest BCUT2D eigenvalue weighted by Crippen LogP contribution is -2.66. The van der Waals surface area contributed by atoms with Crippen molar-refractivity contribution < 1.29 is 9.47 Å². The molecule has 0 fully saturated rings. The molecule has 0 atom stereocenters. The summed E-state index contributed by atoms with van der Waals surface area (Å²) in [6.45, 7) is 41.1. The quantitative estimate of drug-likeness (QED) is 0.164. The van der Waals surface area contributed by atoms with E-state index in [0.717, 1.165) is 45.6 Å². The molecule has 0 unspecified atom stereocenters. The third kappa shape index (κ3) is 8.92. The monoisotopic (exact) mass is 1310 g/mol. The number of ether oxygens (including phenoxy) is 2. The number of hydrogen-bond donors (Lipinski definition) is 0. The summed E-state index contributed by atoms with van der Waals surface area (Å²) in [5.74, 6) is 3.86. The maximum Gasteiger partial charge on any atom is 0.268 e. The van der Waals surface area contributed by atoms with Crippen LogP contribution in [0.4, 0.5) is 62.6 Å². The van der Waals surface area contributed by atoms with Crippen molar-refractivity contribution in [3.05, 3.63) is 213 Å². The van der Waals surface area contributed by atoms with Crippen LogP contribution in [0.25, 0.3) is 20.2 Å². The molecule has 2 aromatic heterocycles. The highest BCUT2D eigenvalue weighted by molar-refractivity contribution is 7.34. The van der Waals surface area contributed by atoms with E-state index in [-0.39, 0.29) is 41.8 Å². The summed E-state index contributed by atoms with van der Waals surface area (Å²) in [7, 11) is 2.29. The van der Waals surface area contributed by atoms with Gasteiger partial charge in [-0.05, 0) is 249 Å². The minimum Gasteiger partial charge on any atom is -0.457 e. The Morgan fingerprint density at radius 3 is 1.14 bits per heavy atom. The topological polar surface area (TPSA) is 31.4 Å². The van der Waals surface area contributed by atoms with Gasteiger partial charge in [-0.1, -0.05) is 149 Å². The Labute approximate surface area is 588 Å². The maximum absolute atomic E-state index is 7.51. The summed E-state index contributed by atoms with van der Waals surface area (Å²) in [6, 6.07) is 62.9. The Hall–Kier alpha value is -8.89. The molecule has 8 heterocycles. The van der Waals surface area contributed by atoms with E-state index < -0.39 is 0 Å². The van der Waals surface area contributed by atoms with Crippen LogP contribution in [-0.2, 0) is 21.7 Å². The highest BCUT2D eigenvalue weighted by Gasteiger charge is 2.51. The van der Waals surface area contributed by atoms with Crippen LogP contribution >= 0.6 is 22.7 Å². The first-order valence-electron chi connectivity index (χ1n) is 35.2. The second-order valence-corrected chi connectivity index (χ2v) is 35.6. The van der Waals surface area contributed by atoms with Crippen molar-refractivity contribution in [3.8, 4) is 23.0 Å². The standard InChI is InChI=1S/C87H83B3N4O2S2/c1-46-32-50(5)79(51(6)33-46)94-67-45-66-63(90-78-71(93(66)57-28-22-53(23-29-57)85(10,11)12)37-49(4)39-73(78)96-81-59-41-55(87(16,17)18)25-31-75(59)98-83(81)90)43-62(67)88-61-42-60-64(44-65(61)92(69-35-47(2)36-70(94)76(69)88)56-26-20-52(21-27-56)84(7,8)9)91(19)68-34-48(3)38-72-77(68)89(60)82-80(95-72)58-40-54(86(13,14)15)24-30-74(58)97-82/h20-45H,1-19H3. The van der Waals surface area contributed by atoms with Gasteiger partial charge in [-0.3, -0.25) is 0 Å². The summed E-state index contributed by atoms with van der Waals surface area (Å²) in [5, 5.41) is 2.38. The summed E-state index contributed by atoms with van der Waals surface area (Å²) in [4.78, 5) is 10.4. The zero-order valence-corrected chi connectivity index (χ0v) is 61.8. The Morgan fingerprint density at radius 2 is 0.684 bits per heavy atom. The summed E-state index contributed by atoms with van der Waals surface area (Å²) in [5.41, 5.74) is 34.4. The molecular weight excluding hydrogens is 1230 g/mol. The van der Waals surface area contributed by atoms with Crippen molar-refractivity contribution in [3.63, 3.8) is 0 Å². The number of hydrogen-bond acceptors (Lipinski definition) is 8. The largest absolute Gasteiger partial charge is 0.457 e. The average molecular weight is 1310 g/mol. The molecule has 0 N–H and O–H groups in total. The summed E-state index contributed by atoms with van der Waals surface area (Å²) in [6.07, 6.45) is 0. The van der Waals surface area contributed by atoms with Crippen LogP contribution < -0.4 is 76.9 Å². The molecule has 6 aliphatic heterocycles. The fraction of sp³-hybridized carbons (Fsp3) is 0.264. The minimum atomic E-state index is -0.205. The van der Waals surface area contributed by atoms with Gasteiger partial charge in [-0.25, -0.2) is 0 Å². The minimum absolute atomic E-state index is 0.0277. The van der Waals surface area contributed by atoms with Crippen molar-refractivity contribution >= 4 is 173 Å². The van der Waals surface area contributed by atoms with E-state index in [1.54, 1.807) is 0 Å². The van der Waals surface area contributed by atoms with Crippen molar-refractivity contribution in [1.82, 2.24) is 0 Å². The molecule has 6 nitrogen and oxygen atoms in total. The van der Waals surface area contributed by atoms with E-state index in [1.165, 1.54) is 164 Å². The molecule has 12 aromatic rings. The Kier molecular flexibility index (Phi) is 12.9. The molecule has 0 saturated carbocycles. The molecule has 10 aromatic carbocycles. The maximum atomic E-state index is 7.51. The van der Waals surface area contributed by atoms with Gasteiger partial charge in [0.15, 0.2) is 0 Å². The third-order valence-corrected chi connectivity index (χ3v) is 24.7. The SMILES string of the molecule is Cc1cc(C)c(N2c3cc4c(cc3B3c5cc6c(cc5N(c5ccc(C(C)(C)C)cc5)c5cc(C)cc2c53)N(C)c2cc(C)cc3c2B6c2sc5ccc(C(C)(C)C)cc5c2O3)B2c3sc5ccc(C(C)(C)C)cc5c3Oc3cc(C)cc(c32)N4c2ccc(C(C)(C)C)cc2)c(C)c1. The van der Waals surface area contributed by atoms with Crippen molar-refractivity contribution in [2.45, 2.75) is 146 Å². The van der Waals surface area contributed by atoms with E-state index in [2.05, 4.69) is 309 Å². The molecular formula is C87H83B3N4O2S2. The highest BCUT2D eigenvalue weighted by Crippen LogP contribution is 2.53. The first-order valence-corrected chi connectivity index (χ1v) is 36.8. The number of nitrogens with zero attached hydrogens (tertiary/aromatic N) is 4. The van der Waals surface area contributed by atoms with Gasteiger partial charge in [-0.2, -0.15) is 0 Å². The molecule has 484 valence electrons. The number of benzene rings is 10. The van der Waals surface area contributed by atoms with E-state index in [9.17, 15) is 0 Å². The molecule has 0 radical (unpaired) electrons. The molecule has 6 aliphatic rings. The predicted octanol–water partition coefficient (Wildman–Crippen LogP) is 18.3. The molecule has 98 heavy (non-hydrogen) atoms. The Bertz CT molecular complexity index is 5490. The normalized spacial score (nSPS) is 14.7. The van der Waals surface area contributed by atoms with Crippen molar-refractivity contribution in [2.24, 2.45) is 0 Å². The second-order valence-electron chi connectivity index (χ2n) is 33.5. The van der Waals surface area contributed by atoms with Gasteiger partial charge in [-0.15, -0.1) is 22.7 Å². The lowest BCUT2D eigenvalue weighted by atomic mass is 9.30. The summed E-state index contributed by atoms with van der Waals surface area (Å²) < 4.78 is 19.9. The van der Waals surface area contributed by atoms with Crippen molar-refractivity contribution in [2.75, 3.05) is 26.6 Å².